The summed E-state index contributed by atoms with van der Waals surface area (Å²) in [5.74, 6) is -1.39. The predicted molar refractivity (Wildman–Crippen MR) is 78.6 cm³/mol. The zero-order chi connectivity index (χ0) is 16.5. The van der Waals surface area contributed by atoms with Crippen molar-refractivity contribution in [3.05, 3.63) is 30.1 Å². The molecule has 118 valence electrons. The lowest BCUT2D eigenvalue weighted by atomic mass is 10.2. The number of hydrogen-bond acceptors (Lipinski definition) is 4. The van der Waals surface area contributed by atoms with E-state index in [0.29, 0.717) is 5.39 Å². The first kappa shape index (κ1) is 16.5. The number of aromatic nitrogens is 2. The van der Waals surface area contributed by atoms with Gasteiger partial charge in [-0.3, -0.25) is 4.79 Å². The number of amides is 1. The molecule has 0 unspecified atom stereocenters. The molecular weight excluding hydrogens is 315 g/mol. The van der Waals surface area contributed by atoms with Gasteiger partial charge in [0.15, 0.2) is 0 Å². The number of carbonyl (C=O) groups is 1. The number of fused-ring (bicyclic) bond motifs is 1. The van der Waals surface area contributed by atoms with Crippen LogP contribution in [-0.2, 0) is 11.0 Å². The quantitative estimate of drug-likeness (QED) is 0.641. The van der Waals surface area contributed by atoms with Crippen LogP contribution in [0, 0.1) is 0 Å². The summed E-state index contributed by atoms with van der Waals surface area (Å²) < 4.78 is 38.7. The molecule has 1 atom stereocenters. The lowest BCUT2D eigenvalue weighted by Gasteiger charge is -2.17. The van der Waals surface area contributed by atoms with Gasteiger partial charge in [0.1, 0.15) is 5.03 Å². The molecule has 0 aliphatic carbocycles. The number of halogens is 3. The van der Waals surface area contributed by atoms with Gasteiger partial charge < -0.3 is 4.90 Å². The van der Waals surface area contributed by atoms with Crippen molar-refractivity contribution in [2.24, 2.45) is 0 Å². The zero-order valence-corrected chi connectivity index (χ0v) is 13.0. The molecule has 0 spiro atoms. The number of carbonyl (C=O) groups excluding carboxylic acids is 1. The smallest absolute Gasteiger partial charge is 0.348 e. The molecule has 22 heavy (non-hydrogen) atoms. The van der Waals surface area contributed by atoms with Crippen molar-refractivity contribution in [2.75, 3.05) is 14.1 Å². The van der Waals surface area contributed by atoms with Crippen LogP contribution in [0.15, 0.2) is 29.3 Å². The van der Waals surface area contributed by atoms with E-state index in [2.05, 4.69) is 9.97 Å². The van der Waals surface area contributed by atoms with Crippen LogP contribution in [0.3, 0.4) is 0 Å². The first-order chi connectivity index (χ1) is 10.2. The number of hydrogen-bond donors (Lipinski definition) is 0. The number of thioether (sulfide) groups is 1. The van der Waals surface area contributed by atoms with Gasteiger partial charge in [0.25, 0.3) is 0 Å². The average molecular weight is 329 g/mol. The molecule has 0 aliphatic heterocycles. The molecule has 0 N–H and O–H groups in total. The van der Waals surface area contributed by atoms with Gasteiger partial charge in [-0.2, -0.15) is 13.2 Å². The van der Waals surface area contributed by atoms with Gasteiger partial charge in [0.2, 0.25) is 11.7 Å². The van der Waals surface area contributed by atoms with Gasteiger partial charge in [0, 0.05) is 19.5 Å². The number of rotatable bonds is 3. The van der Waals surface area contributed by atoms with Crippen LogP contribution in [0.2, 0.25) is 0 Å². The third-order valence-corrected chi connectivity index (χ3v) is 3.99. The highest BCUT2D eigenvalue weighted by Gasteiger charge is 2.36. The van der Waals surface area contributed by atoms with E-state index in [0.717, 1.165) is 11.8 Å². The van der Waals surface area contributed by atoms with Crippen molar-refractivity contribution >= 4 is 28.6 Å². The molecule has 1 amide bonds. The molecule has 1 aromatic heterocycles. The maximum atomic E-state index is 12.9. The van der Waals surface area contributed by atoms with Crippen LogP contribution in [0.1, 0.15) is 12.7 Å². The normalized spacial score (nSPS) is 13.2. The number of alkyl halides is 3. The lowest BCUT2D eigenvalue weighted by molar-refractivity contribution is -0.145. The SMILES string of the molecule is C[C@@H](Sc1nc(C(F)(F)F)nc2ccccc12)C(=O)N(C)C. The molecule has 0 bridgehead atoms. The summed E-state index contributed by atoms with van der Waals surface area (Å²) in [5.41, 5.74) is 0.205. The van der Waals surface area contributed by atoms with Gasteiger partial charge in [-0.1, -0.05) is 30.0 Å². The maximum Gasteiger partial charge on any atom is 0.451 e. The summed E-state index contributed by atoms with van der Waals surface area (Å²) in [5, 5.41) is 0.105. The molecule has 0 radical (unpaired) electrons. The molecule has 0 aliphatic rings. The van der Waals surface area contributed by atoms with Gasteiger partial charge in [-0.05, 0) is 13.0 Å². The van der Waals surface area contributed by atoms with Crippen LogP contribution in [0.25, 0.3) is 10.9 Å². The summed E-state index contributed by atoms with van der Waals surface area (Å²) in [6, 6.07) is 6.44. The fraction of sp³-hybridized carbons (Fsp3) is 0.357. The fourth-order valence-electron chi connectivity index (χ4n) is 1.85. The second-order valence-electron chi connectivity index (χ2n) is 4.86. The van der Waals surface area contributed by atoms with E-state index in [-0.39, 0.29) is 16.4 Å². The molecule has 1 aromatic carbocycles. The van der Waals surface area contributed by atoms with Crippen LogP contribution in [0.4, 0.5) is 13.2 Å². The summed E-state index contributed by atoms with van der Waals surface area (Å²) in [6.45, 7) is 1.64. The highest BCUT2D eigenvalue weighted by Crippen LogP contribution is 2.33. The van der Waals surface area contributed by atoms with E-state index in [9.17, 15) is 18.0 Å². The predicted octanol–water partition coefficient (Wildman–Crippen LogP) is 3.22. The molecular formula is C14H14F3N3OS. The van der Waals surface area contributed by atoms with E-state index in [4.69, 9.17) is 0 Å². The summed E-state index contributed by atoms with van der Waals surface area (Å²) in [4.78, 5) is 20.5. The second-order valence-corrected chi connectivity index (χ2v) is 6.19. The van der Waals surface area contributed by atoms with Crippen molar-refractivity contribution < 1.29 is 18.0 Å². The number of nitrogens with zero attached hydrogens (tertiary/aromatic N) is 3. The second kappa shape index (κ2) is 6.12. The maximum absolute atomic E-state index is 12.9. The number of benzene rings is 1. The van der Waals surface area contributed by atoms with E-state index < -0.39 is 17.3 Å². The average Bonchev–Trinajstić information content (AvgIpc) is 2.45. The minimum Gasteiger partial charge on any atom is -0.348 e. The lowest BCUT2D eigenvalue weighted by Crippen LogP contribution is -2.29. The Labute approximate surface area is 129 Å². The fourth-order valence-corrected chi connectivity index (χ4v) is 2.93. The first-order valence-corrected chi connectivity index (χ1v) is 7.30. The Bertz CT molecular complexity index is 703. The van der Waals surface area contributed by atoms with Gasteiger partial charge >= 0.3 is 6.18 Å². The van der Waals surface area contributed by atoms with Crippen molar-refractivity contribution in [2.45, 2.75) is 23.4 Å². The van der Waals surface area contributed by atoms with Gasteiger partial charge in [-0.15, -0.1) is 0 Å². The Morgan fingerprint density at radius 2 is 1.86 bits per heavy atom. The van der Waals surface area contributed by atoms with Gasteiger partial charge in [0.05, 0.1) is 10.8 Å². The monoisotopic (exact) mass is 329 g/mol. The van der Waals surface area contributed by atoms with E-state index in [1.807, 2.05) is 0 Å². The van der Waals surface area contributed by atoms with Crippen LogP contribution in [0.5, 0.6) is 0 Å². The standard InChI is InChI=1S/C14H14F3N3OS/c1-8(12(21)20(2)3)22-11-9-6-4-5-7-10(9)18-13(19-11)14(15,16)17/h4-8H,1-3H3/t8-/m1/s1. The summed E-state index contributed by atoms with van der Waals surface area (Å²) in [7, 11) is 3.19. The van der Waals surface area contributed by atoms with Crippen LogP contribution in [-0.4, -0.2) is 40.1 Å². The molecule has 0 saturated carbocycles. The Balaban J connectivity index is 2.49. The van der Waals surface area contributed by atoms with Crippen molar-refractivity contribution in [1.29, 1.82) is 0 Å². The summed E-state index contributed by atoms with van der Waals surface area (Å²) >= 11 is 0.997. The van der Waals surface area contributed by atoms with E-state index >= 15 is 0 Å². The van der Waals surface area contributed by atoms with Crippen molar-refractivity contribution in [3.8, 4) is 0 Å². The number of para-hydroxylation sites is 1. The van der Waals surface area contributed by atoms with Crippen molar-refractivity contribution in [1.82, 2.24) is 14.9 Å². The molecule has 8 heteroatoms. The van der Waals surface area contributed by atoms with E-state index in [1.165, 1.54) is 11.0 Å². The molecule has 2 aromatic rings. The Morgan fingerprint density at radius 1 is 1.23 bits per heavy atom. The Kier molecular flexibility index (Phi) is 4.60. The molecule has 0 saturated heterocycles. The van der Waals surface area contributed by atoms with Crippen LogP contribution < -0.4 is 0 Å². The third kappa shape index (κ3) is 3.49. The Hall–Kier alpha value is -1.83. The van der Waals surface area contributed by atoms with Crippen molar-refractivity contribution in [3.63, 3.8) is 0 Å². The molecule has 2 rings (SSSR count). The minimum atomic E-state index is -4.63. The third-order valence-electron chi connectivity index (χ3n) is 2.90. The Morgan fingerprint density at radius 3 is 2.45 bits per heavy atom. The molecule has 0 fully saturated rings. The molecule has 4 nitrogen and oxygen atoms in total. The highest BCUT2D eigenvalue weighted by atomic mass is 32.2. The first-order valence-electron chi connectivity index (χ1n) is 6.42. The largest absolute Gasteiger partial charge is 0.451 e. The molecule has 1 heterocycles. The van der Waals surface area contributed by atoms with Crippen LogP contribution >= 0.6 is 11.8 Å². The topological polar surface area (TPSA) is 46.1 Å². The highest BCUT2D eigenvalue weighted by molar-refractivity contribution is 8.00. The minimum absolute atomic E-state index is 0.153. The van der Waals surface area contributed by atoms with E-state index in [1.54, 1.807) is 39.2 Å². The zero-order valence-electron chi connectivity index (χ0n) is 12.2. The van der Waals surface area contributed by atoms with Gasteiger partial charge in [-0.25, -0.2) is 9.97 Å². The summed E-state index contributed by atoms with van der Waals surface area (Å²) in [6.07, 6.45) is -4.63.